The van der Waals surface area contributed by atoms with Gasteiger partial charge >= 0.3 is 5.97 Å². The van der Waals surface area contributed by atoms with Crippen LogP contribution in [0.1, 0.15) is 15.9 Å². The smallest absolute Gasteiger partial charge is 0.345 e. The molecule has 7 nitrogen and oxygen atoms in total. The van der Waals surface area contributed by atoms with Crippen LogP contribution in [0.5, 0.6) is 0 Å². The first-order valence-corrected chi connectivity index (χ1v) is 7.87. The number of nitro groups is 1. The standard InChI is InChI=1S/C17H14ClFN2O5/c18-12-5-6-15(21(24)25)13(9-12)17(23)26-10-16(22)20-8-7-11-3-1-2-4-14(11)19/h1-6,9H,7-8,10H2,(H,20,22). The molecule has 0 saturated carbocycles. The molecule has 9 heteroatoms. The molecule has 0 aliphatic rings. The van der Waals surface area contributed by atoms with Crippen LogP contribution < -0.4 is 5.32 Å². The molecule has 26 heavy (non-hydrogen) atoms. The Morgan fingerprint density at radius 2 is 1.96 bits per heavy atom. The van der Waals surface area contributed by atoms with Crippen LogP contribution in [0.25, 0.3) is 0 Å². The molecule has 0 spiro atoms. The third-order valence-corrected chi connectivity index (χ3v) is 3.62. The minimum Gasteiger partial charge on any atom is -0.452 e. The molecule has 0 unspecified atom stereocenters. The van der Waals surface area contributed by atoms with Crippen LogP contribution in [0, 0.1) is 15.9 Å². The lowest BCUT2D eigenvalue weighted by atomic mass is 10.1. The Balaban J connectivity index is 1.86. The molecular formula is C17H14ClFN2O5. The molecule has 0 aliphatic carbocycles. The number of ether oxygens (including phenoxy) is 1. The third kappa shape index (κ3) is 5.25. The maximum absolute atomic E-state index is 13.4. The monoisotopic (exact) mass is 380 g/mol. The fourth-order valence-corrected chi connectivity index (χ4v) is 2.30. The molecule has 0 atom stereocenters. The Labute approximate surface area is 152 Å². The summed E-state index contributed by atoms with van der Waals surface area (Å²) < 4.78 is 18.2. The predicted octanol–water partition coefficient (Wildman–Crippen LogP) is 2.90. The predicted molar refractivity (Wildman–Crippen MR) is 91.5 cm³/mol. The molecule has 2 rings (SSSR count). The second kappa shape index (κ2) is 8.91. The number of esters is 1. The summed E-state index contributed by atoms with van der Waals surface area (Å²) in [6.07, 6.45) is 0.270. The van der Waals surface area contributed by atoms with Crippen molar-refractivity contribution >= 4 is 29.2 Å². The third-order valence-electron chi connectivity index (χ3n) is 3.38. The molecule has 0 fully saturated rings. The van der Waals surface area contributed by atoms with E-state index in [1.807, 2.05) is 0 Å². The number of carbonyl (C=O) groups excluding carboxylic acids is 2. The van der Waals surface area contributed by atoms with Crippen LogP contribution >= 0.6 is 11.6 Å². The normalized spacial score (nSPS) is 10.2. The quantitative estimate of drug-likeness (QED) is 0.452. The maximum atomic E-state index is 13.4. The highest BCUT2D eigenvalue weighted by Crippen LogP contribution is 2.23. The molecule has 1 amide bonds. The van der Waals surface area contributed by atoms with Crippen LogP contribution in [0.2, 0.25) is 5.02 Å². The van der Waals surface area contributed by atoms with Gasteiger partial charge < -0.3 is 10.1 Å². The summed E-state index contributed by atoms with van der Waals surface area (Å²) in [6.45, 7) is -0.478. The first-order chi connectivity index (χ1) is 12.4. The number of rotatable bonds is 7. The van der Waals surface area contributed by atoms with Crippen molar-refractivity contribution in [3.05, 3.63) is 74.5 Å². The largest absolute Gasteiger partial charge is 0.452 e. The molecule has 136 valence electrons. The molecule has 0 aromatic heterocycles. The lowest BCUT2D eigenvalue weighted by molar-refractivity contribution is -0.385. The Morgan fingerprint density at radius 1 is 1.23 bits per heavy atom. The molecule has 0 bridgehead atoms. The van der Waals surface area contributed by atoms with Gasteiger partial charge in [0.1, 0.15) is 11.4 Å². The SMILES string of the molecule is O=C(COC(=O)c1cc(Cl)ccc1[N+](=O)[O-])NCCc1ccccc1F. The molecule has 0 heterocycles. The van der Waals surface area contributed by atoms with Gasteiger partial charge in [0.05, 0.1) is 4.92 Å². The highest BCUT2D eigenvalue weighted by atomic mass is 35.5. The van der Waals surface area contributed by atoms with Crippen LogP contribution in [-0.2, 0) is 16.0 Å². The zero-order valence-electron chi connectivity index (χ0n) is 13.4. The average Bonchev–Trinajstić information content (AvgIpc) is 2.61. The Kier molecular flexibility index (Phi) is 6.62. The van der Waals surface area contributed by atoms with Crippen molar-refractivity contribution in [3.8, 4) is 0 Å². The van der Waals surface area contributed by atoms with Crippen molar-refractivity contribution in [1.82, 2.24) is 5.32 Å². The zero-order valence-corrected chi connectivity index (χ0v) is 14.2. The van der Waals surface area contributed by atoms with Crippen LogP contribution in [-0.4, -0.2) is 30.0 Å². The second-order valence-corrected chi connectivity index (χ2v) is 5.62. The van der Waals surface area contributed by atoms with E-state index in [0.29, 0.717) is 5.56 Å². The average molecular weight is 381 g/mol. The molecule has 0 radical (unpaired) electrons. The van der Waals surface area contributed by atoms with Gasteiger partial charge in [-0.15, -0.1) is 0 Å². The molecule has 2 aromatic carbocycles. The highest BCUT2D eigenvalue weighted by molar-refractivity contribution is 6.31. The molecular weight excluding hydrogens is 367 g/mol. The number of amides is 1. The van der Waals surface area contributed by atoms with Crippen molar-refractivity contribution in [1.29, 1.82) is 0 Å². The summed E-state index contributed by atoms with van der Waals surface area (Å²) >= 11 is 5.73. The number of hydrogen-bond acceptors (Lipinski definition) is 5. The summed E-state index contributed by atoms with van der Waals surface area (Å²) in [6, 6.07) is 9.60. The fourth-order valence-electron chi connectivity index (χ4n) is 2.13. The summed E-state index contributed by atoms with van der Waals surface area (Å²) in [5, 5.41) is 13.5. The van der Waals surface area contributed by atoms with Gasteiger partial charge in [0.15, 0.2) is 6.61 Å². The van der Waals surface area contributed by atoms with Gasteiger partial charge in [-0.25, -0.2) is 9.18 Å². The summed E-state index contributed by atoms with van der Waals surface area (Å²) in [4.78, 5) is 33.8. The van der Waals surface area contributed by atoms with Gasteiger partial charge in [0.2, 0.25) is 0 Å². The topological polar surface area (TPSA) is 98.5 Å². The lowest BCUT2D eigenvalue weighted by Crippen LogP contribution is -2.30. The van der Waals surface area contributed by atoms with Gasteiger partial charge in [-0.1, -0.05) is 29.8 Å². The van der Waals surface area contributed by atoms with Crippen LogP contribution in [0.4, 0.5) is 10.1 Å². The van der Waals surface area contributed by atoms with Gasteiger partial charge in [-0.05, 0) is 30.2 Å². The van der Waals surface area contributed by atoms with Gasteiger partial charge in [-0.2, -0.15) is 0 Å². The van der Waals surface area contributed by atoms with Crippen LogP contribution in [0.15, 0.2) is 42.5 Å². The molecule has 2 aromatic rings. The first kappa shape index (κ1) is 19.3. The second-order valence-electron chi connectivity index (χ2n) is 5.19. The van der Waals surface area contributed by atoms with Crippen molar-refractivity contribution < 1.29 is 23.6 Å². The van der Waals surface area contributed by atoms with Crippen molar-refractivity contribution in [2.45, 2.75) is 6.42 Å². The number of nitrogens with one attached hydrogen (secondary N) is 1. The van der Waals surface area contributed by atoms with Gasteiger partial charge in [0.25, 0.3) is 11.6 Å². The highest BCUT2D eigenvalue weighted by Gasteiger charge is 2.22. The van der Waals surface area contributed by atoms with E-state index in [0.717, 1.165) is 12.1 Å². The Morgan fingerprint density at radius 3 is 2.65 bits per heavy atom. The fraction of sp³-hybridized carbons (Fsp3) is 0.176. The van der Waals surface area contributed by atoms with E-state index in [1.54, 1.807) is 18.2 Å². The van der Waals surface area contributed by atoms with E-state index >= 15 is 0 Å². The maximum Gasteiger partial charge on any atom is 0.345 e. The number of carbonyl (C=O) groups is 2. The van der Waals surface area contributed by atoms with E-state index in [4.69, 9.17) is 16.3 Å². The van der Waals surface area contributed by atoms with E-state index in [-0.39, 0.29) is 29.4 Å². The number of halogens is 2. The van der Waals surface area contributed by atoms with E-state index in [2.05, 4.69) is 5.32 Å². The Bertz CT molecular complexity index is 844. The van der Waals surface area contributed by atoms with Gasteiger partial charge in [-0.3, -0.25) is 14.9 Å². The first-order valence-electron chi connectivity index (χ1n) is 7.49. The van der Waals surface area contributed by atoms with E-state index in [9.17, 15) is 24.1 Å². The summed E-state index contributed by atoms with van der Waals surface area (Å²) in [5.74, 6) is -2.02. The number of benzene rings is 2. The minimum atomic E-state index is -1.04. The Hall–Kier alpha value is -3.00. The van der Waals surface area contributed by atoms with E-state index in [1.165, 1.54) is 12.1 Å². The summed E-state index contributed by atoms with van der Waals surface area (Å²) in [7, 11) is 0. The number of nitrogens with zero attached hydrogens (tertiary/aromatic N) is 1. The number of nitro benzene ring substituents is 1. The molecule has 1 N–H and O–H groups in total. The minimum absolute atomic E-state index is 0.122. The van der Waals surface area contributed by atoms with Crippen molar-refractivity contribution in [2.75, 3.05) is 13.2 Å². The van der Waals surface area contributed by atoms with Crippen LogP contribution in [0.3, 0.4) is 0 Å². The zero-order chi connectivity index (χ0) is 19.1. The number of hydrogen-bond donors (Lipinski definition) is 1. The van der Waals surface area contributed by atoms with E-state index < -0.39 is 29.1 Å². The van der Waals surface area contributed by atoms with Gasteiger partial charge in [0, 0.05) is 17.6 Å². The lowest BCUT2D eigenvalue weighted by Gasteiger charge is -2.08. The van der Waals surface area contributed by atoms with Crippen molar-refractivity contribution in [2.24, 2.45) is 0 Å². The van der Waals surface area contributed by atoms with Crippen molar-refractivity contribution in [3.63, 3.8) is 0 Å². The summed E-state index contributed by atoms with van der Waals surface area (Å²) in [5.41, 5.74) is -0.375. The molecule has 0 saturated heterocycles. The molecule has 0 aliphatic heterocycles.